The summed E-state index contributed by atoms with van der Waals surface area (Å²) in [7, 11) is 0. The summed E-state index contributed by atoms with van der Waals surface area (Å²) in [4.78, 5) is 23.6. The molecule has 2 N–H and O–H groups in total. The van der Waals surface area contributed by atoms with Crippen LogP contribution >= 0.6 is 0 Å². The predicted octanol–water partition coefficient (Wildman–Crippen LogP) is 2.48. The van der Waals surface area contributed by atoms with Gasteiger partial charge in [0.2, 0.25) is 5.91 Å². The van der Waals surface area contributed by atoms with E-state index in [9.17, 15) is 14.0 Å². The molecule has 0 bridgehead atoms. The summed E-state index contributed by atoms with van der Waals surface area (Å²) in [6.45, 7) is 2.29. The van der Waals surface area contributed by atoms with Gasteiger partial charge >= 0.3 is 0 Å². The molecule has 2 aromatic carbocycles. The Balaban J connectivity index is 1.77. The highest BCUT2D eigenvalue weighted by Gasteiger charge is 2.12. The van der Waals surface area contributed by atoms with Crippen molar-refractivity contribution in [3.8, 4) is 0 Å². The number of hydrogen-bond donors (Lipinski definition) is 2. The molecule has 5 heteroatoms. The number of amides is 2. The third-order valence-corrected chi connectivity index (χ3v) is 3.50. The van der Waals surface area contributed by atoms with E-state index in [4.69, 9.17) is 0 Å². The first-order valence-corrected chi connectivity index (χ1v) is 7.42. The van der Waals surface area contributed by atoms with Crippen LogP contribution in [-0.2, 0) is 4.79 Å². The maximum absolute atomic E-state index is 13.4. The first-order valence-electron chi connectivity index (χ1n) is 7.42. The van der Waals surface area contributed by atoms with Crippen LogP contribution in [0.15, 0.2) is 54.6 Å². The number of nitrogens with one attached hydrogen (secondary N) is 2. The van der Waals surface area contributed by atoms with E-state index in [1.54, 1.807) is 6.07 Å². The Kier molecular flexibility index (Phi) is 5.86. The summed E-state index contributed by atoms with van der Waals surface area (Å²) in [6, 6.07) is 15.5. The van der Waals surface area contributed by atoms with Crippen molar-refractivity contribution >= 4 is 11.8 Å². The molecule has 0 aromatic heterocycles. The summed E-state index contributed by atoms with van der Waals surface area (Å²) >= 11 is 0. The van der Waals surface area contributed by atoms with Crippen molar-refractivity contribution in [2.45, 2.75) is 12.8 Å². The Morgan fingerprint density at radius 1 is 1.00 bits per heavy atom. The Bertz CT molecular complexity index is 674. The first-order chi connectivity index (χ1) is 11.1. The average molecular weight is 314 g/mol. The topological polar surface area (TPSA) is 58.2 Å². The minimum atomic E-state index is -0.608. The molecule has 4 nitrogen and oxygen atoms in total. The van der Waals surface area contributed by atoms with Crippen LogP contribution in [0.5, 0.6) is 0 Å². The minimum absolute atomic E-state index is 0.0713. The van der Waals surface area contributed by atoms with Crippen LogP contribution in [0.2, 0.25) is 0 Å². The lowest BCUT2D eigenvalue weighted by molar-refractivity contribution is -0.120. The summed E-state index contributed by atoms with van der Waals surface area (Å²) in [5.41, 5.74) is 1.06. The van der Waals surface area contributed by atoms with Gasteiger partial charge in [-0.3, -0.25) is 9.59 Å². The summed E-state index contributed by atoms with van der Waals surface area (Å²) in [5, 5.41) is 5.17. The molecule has 1 atom stereocenters. The molecular weight excluding hydrogens is 295 g/mol. The molecule has 0 aliphatic carbocycles. The van der Waals surface area contributed by atoms with Crippen LogP contribution in [0.25, 0.3) is 0 Å². The molecule has 0 aliphatic rings. The fourth-order valence-electron chi connectivity index (χ4n) is 2.13. The molecule has 23 heavy (non-hydrogen) atoms. The number of carbonyl (C=O) groups is 2. The van der Waals surface area contributed by atoms with Gasteiger partial charge in [0, 0.05) is 6.54 Å². The van der Waals surface area contributed by atoms with E-state index < -0.39 is 11.7 Å². The molecule has 0 heterocycles. The maximum Gasteiger partial charge on any atom is 0.254 e. The zero-order chi connectivity index (χ0) is 16.7. The fraction of sp³-hybridized carbons (Fsp3) is 0.222. The standard InChI is InChI=1S/C18H19FN2O2/c1-13(14-7-3-2-4-8-14)11-20-17(22)12-21-18(23)15-9-5-6-10-16(15)19/h2-10,13H,11-12H2,1H3,(H,20,22)(H,21,23). The number of carbonyl (C=O) groups excluding carboxylic acids is 2. The second kappa shape index (κ2) is 8.08. The lowest BCUT2D eigenvalue weighted by Crippen LogP contribution is -2.38. The van der Waals surface area contributed by atoms with E-state index in [0.717, 1.165) is 5.56 Å². The highest BCUT2D eigenvalue weighted by molar-refractivity contribution is 5.96. The van der Waals surface area contributed by atoms with Crippen molar-refractivity contribution in [2.75, 3.05) is 13.1 Å². The van der Waals surface area contributed by atoms with Gasteiger partial charge in [-0.05, 0) is 23.6 Å². The van der Waals surface area contributed by atoms with E-state index in [-0.39, 0.29) is 23.9 Å². The summed E-state index contributed by atoms with van der Waals surface area (Å²) in [6.07, 6.45) is 0. The Hall–Kier alpha value is -2.69. The molecule has 120 valence electrons. The predicted molar refractivity (Wildman–Crippen MR) is 86.6 cm³/mol. The number of benzene rings is 2. The van der Waals surface area contributed by atoms with Gasteiger partial charge in [0.1, 0.15) is 5.82 Å². The van der Waals surface area contributed by atoms with Crippen molar-refractivity contribution in [3.05, 3.63) is 71.5 Å². The molecule has 1 unspecified atom stereocenters. The van der Waals surface area contributed by atoms with Crippen LogP contribution in [0.1, 0.15) is 28.8 Å². The molecule has 0 fully saturated rings. The zero-order valence-electron chi connectivity index (χ0n) is 12.9. The minimum Gasteiger partial charge on any atom is -0.354 e. The van der Waals surface area contributed by atoms with Crippen LogP contribution < -0.4 is 10.6 Å². The number of halogens is 1. The van der Waals surface area contributed by atoms with Gasteiger partial charge in [0.15, 0.2) is 0 Å². The zero-order valence-corrected chi connectivity index (χ0v) is 12.9. The maximum atomic E-state index is 13.4. The second-order valence-corrected chi connectivity index (χ2v) is 5.28. The monoisotopic (exact) mass is 314 g/mol. The van der Waals surface area contributed by atoms with Crippen molar-refractivity contribution in [1.29, 1.82) is 0 Å². The third kappa shape index (κ3) is 4.92. The van der Waals surface area contributed by atoms with E-state index in [1.807, 2.05) is 37.3 Å². The Morgan fingerprint density at radius 2 is 1.65 bits per heavy atom. The lowest BCUT2D eigenvalue weighted by atomic mass is 10.0. The molecule has 0 spiro atoms. The highest BCUT2D eigenvalue weighted by Crippen LogP contribution is 2.12. The van der Waals surface area contributed by atoms with E-state index >= 15 is 0 Å². The van der Waals surface area contributed by atoms with E-state index in [2.05, 4.69) is 10.6 Å². The SMILES string of the molecule is CC(CNC(=O)CNC(=O)c1ccccc1F)c1ccccc1. The lowest BCUT2D eigenvalue weighted by Gasteiger charge is -2.13. The van der Waals surface area contributed by atoms with Crippen LogP contribution in [0.4, 0.5) is 4.39 Å². The molecule has 0 radical (unpaired) electrons. The Labute approximate surface area is 134 Å². The average Bonchev–Trinajstić information content (AvgIpc) is 2.58. The van der Waals surface area contributed by atoms with Gasteiger partial charge in [0.25, 0.3) is 5.91 Å². The molecule has 0 aliphatic heterocycles. The van der Waals surface area contributed by atoms with Crippen molar-refractivity contribution in [3.63, 3.8) is 0 Å². The van der Waals surface area contributed by atoms with Crippen LogP contribution in [0, 0.1) is 5.82 Å². The van der Waals surface area contributed by atoms with Gasteiger partial charge in [-0.15, -0.1) is 0 Å². The van der Waals surface area contributed by atoms with E-state index in [1.165, 1.54) is 18.2 Å². The van der Waals surface area contributed by atoms with Gasteiger partial charge in [-0.1, -0.05) is 49.4 Å². The van der Waals surface area contributed by atoms with Gasteiger partial charge < -0.3 is 10.6 Å². The third-order valence-electron chi connectivity index (χ3n) is 3.50. The van der Waals surface area contributed by atoms with Gasteiger partial charge in [-0.2, -0.15) is 0 Å². The molecule has 2 rings (SSSR count). The quantitative estimate of drug-likeness (QED) is 0.860. The fourth-order valence-corrected chi connectivity index (χ4v) is 2.13. The molecule has 2 amide bonds. The smallest absolute Gasteiger partial charge is 0.254 e. The molecule has 0 saturated heterocycles. The van der Waals surface area contributed by atoms with Crippen molar-refractivity contribution in [2.24, 2.45) is 0 Å². The first kappa shape index (κ1) is 16.7. The van der Waals surface area contributed by atoms with E-state index in [0.29, 0.717) is 6.54 Å². The molecule has 2 aromatic rings. The number of hydrogen-bond acceptors (Lipinski definition) is 2. The summed E-state index contributed by atoms with van der Waals surface area (Å²) in [5.74, 6) is -1.35. The van der Waals surface area contributed by atoms with Crippen molar-refractivity contribution in [1.82, 2.24) is 10.6 Å². The van der Waals surface area contributed by atoms with Crippen molar-refractivity contribution < 1.29 is 14.0 Å². The second-order valence-electron chi connectivity index (χ2n) is 5.28. The molecule has 0 saturated carbocycles. The molecular formula is C18H19FN2O2. The van der Waals surface area contributed by atoms with Crippen LogP contribution in [-0.4, -0.2) is 24.9 Å². The summed E-state index contributed by atoms with van der Waals surface area (Å²) < 4.78 is 13.4. The highest BCUT2D eigenvalue weighted by atomic mass is 19.1. The van der Waals surface area contributed by atoms with Crippen LogP contribution in [0.3, 0.4) is 0 Å². The Morgan fingerprint density at radius 3 is 2.35 bits per heavy atom. The normalized spacial score (nSPS) is 11.6. The number of rotatable bonds is 6. The van der Waals surface area contributed by atoms with Gasteiger partial charge in [-0.25, -0.2) is 4.39 Å². The largest absolute Gasteiger partial charge is 0.354 e. The van der Waals surface area contributed by atoms with Gasteiger partial charge in [0.05, 0.1) is 12.1 Å².